The molecule has 7 nitrogen and oxygen atoms in total. The van der Waals surface area contributed by atoms with Crippen molar-refractivity contribution in [1.82, 2.24) is 14.7 Å². The average molecular weight is 608 g/mol. The van der Waals surface area contributed by atoms with Gasteiger partial charge in [0.2, 0.25) is 17.7 Å². The van der Waals surface area contributed by atoms with Gasteiger partial charge < -0.3 is 19.8 Å². The Bertz CT molecular complexity index is 1290. The molecule has 0 aromatic heterocycles. The van der Waals surface area contributed by atoms with Gasteiger partial charge in [-0.1, -0.05) is 95.7 Å². The van der Waals surface area contributed by atoms with Crippen LogP contribution in [0.5, 0.6) is 0 Å². The Morgan fingerprint density at radius 2 is 1.70 bits per heavy atom. The number of amides is 3. The van der Waals surface area contributed by atoms with E-state index in [0.717, 1.165) is 18.4 Å². The summed E-state index contributed by atoms with van der Waals surface area (Å²) in [6.07, 6.45) is 9.82. The maximum absolute atomic E-state index is 14.9. The molecule has 8 heteroatoms. The van der Waals surface area contributed by atoms with Crippen LogP contribution >= 0.6 is 11.8 Å². The number of aliphatic hydroxyl groups excluding tert-OH is 1. The van der Waals surface area contributed by atoms with Crippen LogP contribution in [0, 0.1) is 23.2 Å². The van der Waals surface area contributed by atoms with Crippen LogP contribution in [0.4, 0.5) is 0 Å². The van der Waals surface area contributed by atoms with Crippen molar-refractivity contribution in [2.24, 2.45) is 23.2 Å². The highest BCUT2D eigenvalue weighted by Gasteiger charge is 2.72. The fourth-order valence-corrected chi connectivity index (χ4v) is 10.2. The molecule has 0 bridgehead atoms. The number of hydrogen-bond acceptors (Lipinski definition) is 5. The normalized spacial score (nSPS) is 30.6. The Labute approximate surface area is 261 Å². The molecule has 0 saturated carbocycles. The van der Waals surface area contributed by atoms with E-state index in [-0.39, 0.29) is 40.9 Å². The van der Waals surface area contributed by atoms with Crippen molar-refractivity contribution in [3.8, 4) is 0 Å². The third kappa shape index (κ3) is 5.58. The average Bonchev–Trinajstić information content (AvgIpc) is 3.25. The zero-order valence-electron chi connectivity index (χ0n) is 26.8. The van der Waals surface area contributed by atoms with Gasteiger partial charge in [0.05, 0.1) is 29.2 Å². The molecule has 1 aromatic carbocycles. The van der Waals surface area contributed by atoms with Crippen molar-refractivity contribution >= 4 is 29.5 Å². The zero-order valence-corrected chi connectivity index (χ0v) is 27.6. The van der Waals surface area contributed by atoms with Crippen molar-refractivity contribution in [3.05, 3.63) is 60.2 Å². The number of likely N-dealkylation sites (tertiary alicyclic amines) is 1. The molecule has 1 N–H and O–H groups in total. The predicted octanol–water partition coefficient (Wildman–Crippen LogP) is 4.90. The lowest BCUT2D eigenvalue weighted by molar-refractivity contribution is -0.150. The van der Waals surface area contributed by atoms with E-state index in [2.05, 4.69) is 52.8 Å². The van der Waals surface area contributed by atoms with Gasteiger partial charge in [-0.05, 0) is 37.2 Å². The number of rotatable bonds is 8. The van der Waals surface area contributed by atoms with E-state index < -0.39 is 34.2 Å². The Hall–Kier alpha value is -2.58. The van der Waals surface area contributed by atoms with Crippen LogP contribution in [0.3, 0.4) is 0 Å². The number of nitrogens with zero attached hydrogens (tertiary/aromatic N) is 3. The minimum absolute atomic E-state index is 0.00963. The third-order valence-electron chi connectivity index (χ3n) is 9.94. The van der Waals surface area contributed by atoms with Gasteiger partial charge >= 0.3 is 0 Å². The summed E-state index contributed by atoms with van der Waals surface area (Å²) in [7, 11) is 0. The molecule has 234 valence electrons. The Morgan fingerprint density at radius 3 is 2.33 bits per heavy atom. The quantitative estimate of drug-likeness (QED) is 0.425. The van der Waals surface area contributed by atoms with Crippen molar-refractivity contribution in [3.63, 3.8) is 0 Å². The number of hydrogen-bond donors (Lipinski definition) is 1. The molecule has 0 radical (unpaired) electrons. The first-order chi connectivity index (χ1) is 20.3. The highest BCUT2D eigenvalue weighted by Crippen LogP contribution is 2.62. The van der Waals surface area contributed by atoms with Crippen LogP contribution in [0.2, 0.25) is 0 Å². The van der Waals surface area contributed by atoms with E-state index in [1.165, 1.54) is 0 Å². The van der Waals surface area contributed by atoms with Crippen molar-refractivity contribution in [2.45, 2.75) is 95.5 Å². The molecular weight excluding hydrogens is 558 g/mol. The smallest absolute Gasteiger partial charge is 0.247 e. The number of fused-ring (bicyclic) bond motifs is 2. The van der Waals surface area contributed by atoms with Crippen molar-refractivity contribution in [2.75, 3.05) is 19.7 Å². The number of benzene rings is 1. The number of carbonyl (C=O) groups is 3. The molecular formula is C35H49N3O4S. The molecule has 4 aliphatic heterocycles. The molecule has 5 rings (SSSR count). The monoisotopic (exact) mass is 607 g/mol. The fraction of sp³-hybridized carbons (Fsp3) is 0.629. The van der Waals surface area contributed by atoms with Crippen LogP contribution in [0.1, 0.15) is 66.9 Å². The summed E-state index contributed by atoms with van der Waals surface area (Å²) in [4.78, 5) is 49.6. The number of aliphatic hydroxyl groups is 1. The molecule has 1 aromatic rings. The lowest BCUT2D eigenvalue weighted by atomic mass is 9.77. The predicted molar refractivity (Wildman–Crippen MR) is 172 cm³/mol. The van der Waals surface area contributed by atoms with E-state index in [1.54, 1.807) is 16.7 Å². The van der Waals surface area contributed by atoms with Gasteiger partial charge in [-0.2, -0.15) is 0 Å². The van der Waals surface area contributed by atoms with Crippen molar-refractivity contribution < 1.29 is 19.5 Å². The Morgan fingerprint density at radius 1 is 1.00 bits per heavy atom. The first kappa shape index (κ1) is 31.8. The van der Waals surface area contributed by atoms with Gasteiger partial charge in [0.1, 0.15) is 6.04 Å². The number of thioether (sulfide) groups is 1. The maximum atomic E-state index is 14.9. The molecule has 7 atom stereocenters. The molecule has 43 heavy (non-hydrogen) atoms. The van der Waals surface area contributed by atoms with Gasteiger partial charge in [0.25, 0.3) is 0 Å². The molecule has 3 amide bonds. The van der Waals surface area contributed by atoms with Crippen LogP contribution in [0.25, 0.3) is 0 Å². The maximum Gasteiger partial charge on any atom is 0.247 e. The Kier molecular flexibility index (Phi) is 8.69. The molecule has 4 heterocycles. The second-order valence-electron chi connectivity index (χ2n) is 14.8. The summed E-state index contributed by atoms with van der Waals surface area (Å²) in [5, 5.41) is 10.5. The van der Waals surface area contributed by atoms with Crippen LogP contribution in [-0.2, 0) is 20.9 Å². The van der Waals surface area contributed by atoms with Gasteiger partial charge in [-0.3, -0.25) is 14.4 Å². The van der Waals surface area contributed by atoms with E-state index in [4.69, 9.17) is 0 Å². The summed E-state index contributed by atoms with van der Waals surface area (Å²) in [6, 6.07) is 8.63. The lowest BCUT2D eigenvalue weighted by Crippen LogP contribution is -2.61. The molecule has 1 unspecified atom stereocenters. The first-order valence-electron chi connectivity index (χ1n) is 15.8. The molecule has 4 aliphatic rings. The van der Waals surface area contributed by atoms with Gasteiger partial charge in [0, 0.05) is 30.4 Å². The molecule has 2 fully saturated rings. The van der Waals surface area contributed by atoms with E-state index in [1.807, 2.05) is 60.1 Å². The van der Waals surface area contributed by atoms with E-state index in [0.29, 0.717) is 19.6 Å². The SMILES string of the molecule is CC[C@H](C)[C@H](CO)N1C(=O)[C@@H]2[C@@H]3C(=O)N(Cc4ccccc4)CC=C[C@@H]3S[C@@]23C=CCN(C(C)(C)CC(C)(C)C)C(=O)C13. The van der Waals surface area contributed by atoms with E-state index in [9.17, 15) is 19.5 Å². The largest absolute Gasteiger partial charge is 0.394 e. The van der Waals surface area contributed by atoms with Crippen LogP contribution in [-0.4, -0.2) is 84.8 Å². The van der Waals surface area contributed by atoms with Crippen molar-refractivity contribution in [1.29, 1.82) is 0 Å². The summed E-state index contributed by atoms with van der Waals surface area (Å²) < 4.78 is -0.896. The minimum atomic E-state index is -0.896. The lowest BCUT2D eigenvalue weighted by Gasteiger charge is -2.46. The number of carbonyl (C=O) groups excluding carboxylic acids is 3. The molecule has 1 spiro atoms. The second-order valence-corrected chi connectivity index (χ2v) is 16.2. The first-order valence-corrected chi connectivity index (χ1v) is 16.7. The summed E-state index contributed by atoms with van der Waals surface area (Å²) >= 11 is 1.61. The standard InChI is InChI=1S/C35H49N3O4S/c1-8-23(2)25(21-39)38-29-32(42)37(34(6,7)22-33(3,4)5)19-13-17-35(29)28(31(38)41)27-26(43-35)16-12-18-36(30(27)40)20-24-14-10-9-11-15-24/h9-17,23,25-29,39H,8,18-22H2,1-7H3/t23-,25-,26-,27+,28-,29?,35-/m0/s1. The summed E-state index contributed by atoms with van der Waals surface area (Å²) in [5.41, 5.74) is 0.571. The third-order valence-corrected chi connectivity index (χ3v) is 11.7. The van der Waals surface area contributed by atoms with Gasteiger partial charge in [-0.25, -0.2) is 0 Å². The van der Waals surface area contributed by atoms with Crippen LogP contribution in [0.15, 0.2) is 54.6 Å². The van der Waals surface area contributed by atoms with Crippen LogP contribution < -0.4 is 0 Å². The molecule has 0 aliphatic carbocycles. The van der Waals surface area contributed by atoms with Gasteiger partial charge in [-0.15, -0.1) is 11.8 Å². The second kappa shape index (κ2) is 11.7. The van der Waals surface area contributed by atoms with Gasteiger partial charge in [0.15, 0.2) is 0 Å². The summed E-state index contributed by atoms with van der Waals surface area (Å²) in [6.45, 7) is 16.0. The highest BCUT2D eigenvalue weighted by atomic mass is 32.2. The Balaban J connectivity index is 1.60. The zero-order chi connectivity index (χ0) is 31.3. The fourth-order valence-electron chi connectivity index (χ4n) is 8.18. The minimum Gasteiger partial charge on any atom is -0.394 e. The topological polar surface area (TPSA) is 81.2 Å². The summed E-state index contributed by atoms with van der Waals surface area (Å²) in [5.74, 6) is -1.60. The molecule has 2 saturated heterocycles. The highest BCUT2D eigenvalue weighted by molar-refractivity contribution is 8.02. The van der Waals surface area contributed by atoms with E-state index >= 15 is 0 Å².